The van der Waals surface area contributed by atoms with Crippen molar-refractivity contribution < 1.29 is 28.2 Å². The molecule has 1 fully saturated rings. The summed E-state index contributed by atoms with van der Waals surface area (Å²) >= 11 is 0. The van der Waals surface area contributed by atoms with E-state index < -0.39 is 23.5 Å². The van der Waals surface area contributed by atoms with Gasteiger partial charge >= 0.3 is 6.18 Å². The van der Waals surface area contributed by atoms with Gasteiger partial charge in [0.1, 0.15) is 0 Å². The van der Waals surface area contributed by atoms with Crippen molar-refractivity contribution in [3.63, 3.8) is 0 Å². The van der Waals surface area contributed by atoms with Crippen LogP contribution < -0.4 is 0 Å². The van der Waals surface area contributed by atoms with Crippen molar-refractivity contribution >= 4 is 16.9 Å². The van der Waals surface area contributed by atoms with E-state index in [4.69, 9.17) is 0 Å². The monoisotopic (exact) mass is 433 g/mol. The van der Waals surface area contributed by atoms with Gasteiger partial charge in [0.15, 0.2) is 0 Å². The first-order valence-electron chi connectivity index (χ1n) is 9.91. The van der Waals surface area contributed by atoms with Crippen molar-refractivity contribution in [2.45, 2.75) is 25.1 Å². The Labute approximate surface area is 176 Å². The number of rotatable bonds is 4. The minimum atomic E-state index is -4.61. The molecule has 3 N–H and O–H groups in total. The van der Waals surface area contributed by atoms with Crippen LogP contribution in [0.15, 0.2) is 48.5 Å². The van der Waals surface area contributed by atoms with E-state index in [2.05, 4.69) is 9.97 Å². The lowest BCUT2D eigenvalue weighted by Crippen LogP contribution is -2.56. The van der Waals surface area contributed by atoms with E-state index in [1.54, 1.807) is 0 Å². The summed E-state index contributed by atoms with van der Waals surface area (Å²) in [6.07, 6.45) is -4.70. The van der Waals surface area contributed by atoms with Crippen LogP contribution in [-0.4, -0.2) is 56.8 Å². The number of aliphatic hydroxyl groups is 2. The molecule has 6 nitrogen and oxygen atoms in total. The summed E-state index contributed by atoms with van der Waals surface area (Å²) in [6, 6.07) is 13.6. The van der Waals surface area contributed by atoms with E-state index in [-0.39, 0.29) is 42.2 Å². The van der Waals surface area contributed by atoms with Crippen molar-refractivity contribution in [1.82, 2.24) is 14.9 Å². The highest BCUT2D eigenvalue weighted by molar-refractivity contribution is 5.97. The summed E-state index contributed by atoms with van der Waals surface area (Å²) in [5.41, 5.74) is 0.465. The molecule has 1 saturated heterocycles. The molecule has 2 atom stereocenters. The predicted molar refractivity (Wildman–Crippen MR) is 107 cm³/mol. The van der Waals surface area contributed by atoms with Gasteiger partial charge in [0, 0.05) is 24.1 Å². The maximum Gasteiger partial charge on any atom is 0.449 e. The van der Waals surface area contributed by atoms with Gasteiger partial charge in [-0.25, -0.2) is 4.98 Å². The quantitative estimate of drug-likeness (QED) is 0.590. The predicted octanol–water partition coefficient (Wildman–Crippen LogP) is 3.01. The van der Waals surface area contributed by atoms with E-state index in [1.165, 1.54) is 23.1 Å². The largest absolute Gasteiger partial charge is 0.449 e. The number of fused-ring (bicyclic) bond motifs is 1. The number of likely N-dealkylation sites (tertiary alicyclic amines) is 1. The maximum absolute atomic E-state index is 13.1. The molecule has 1 amide bonds. The number of carbonyl (C=O) groups excluding carboxylic acids is 1. The van der Waals surface area contributed by atoms with Gasteiger partial charge in [-0.15, -0.1) is 0 Å². The molecule has 31 heavy (non-hydrogen) atoms. The Morgan fingerprint density at radius 2 is 1.97 bits per heavy atom. The van der Waals surface area contributed by atoms with Crippen LogP contribution in [0.3, 0.4) is 0 Å². The maximum atomic E-state index is 13.1. The Kier molecular flexibility index (Phi) is 5.49. The molecule has 3 aromatic rings. The van der Waals surface area contributed by atoms with Gasteiger partial charge in [0.05, 0.1) is 23.7 Å². The van der Waals surface area contributed by atoms with Gasteiger partial charge in [0.25, 0.3) is 5.91 Å². The molecular weight excluding hydrogens is 411 g/mol. The summed E-state index contributed by atoms with van der Waals surface area (Å²) < 4.78 is 38.7. The van der Waals surface area contributed by atoms with Crippen molar-refractivity contribution in [1.29, 1.82) is 0 Å². The third kappa shape index (κ3) is 4.15. The number of nitrogens with zero attached hydrogens (tertiary/aromatic N) is 2. The lowest BCUT2D eigenvalue weighted by Gasteiger charge is -2.45. The van der Waals surface area contributed by atoms with E-state index in [0.29, 0.717) is 12.8 Å². The average molecular weight is 433 g/mol. The molecule has 0 spiro atoms. The lowest BCUT2D eigenvalue weighted by atomic mass is 9.73. The number of halogens is 3. The molecule has 9 heteroatoms. The summed E-state index contributed by atoms with van der Waals surface area (Å²) in [4.78, 5) is 20.4. The average Bonchev–Trinajstić information content (AvgIpc) is 3.19. The number of aromatic nitrogens is 2. The molecule has 0 aliphatic carbocycles. The fourth-order valence-electron chi connectivity index (χ4n) is 4.17. The zero-order chi connectivity index (χ0) is 22.2. The summed E-state index contributed by atoms with van der Waals surface area (Å²) in [7, 11) is 0. The first-order chi connectivity index (χ1) is 14.7. The van der Waals surface area contributed by atoms with Gasteiger partial charge in [-0.1, -0.05) is 30.3 Å². The van der Waals surface area contributed by atoms with Crippen LogP contribution in [0.2, 0.25) is 0 Å². The van der Waals surface area contributed by atoms with Crippen LogP contribution in [0.25, 0.3) is 11.0 Å². The number of benzene rings is 2. The highest BCUT2D eigenvalue weighted by Crippen LogP contribution is 2.35. The summed E-state index contributed by atoms with van der Waals surface area (Å²) in [5, 5.41) is 20.8. The molecule has 2 heterocycles. The van der Waals surface area contributed by atoms with Crippen molar-refractivity contribution in [2.75, 3.05) is 19.7 Å². The van der Waals surface area contributed by atoms with Gasteiger partial charge < -0.3 is 20.1 Å². The number of carbonyl (C=O) groups is 1. The van der Waals surface area contributed by atoms with Crippen LogP contribution in [-0.2, 0) is 12.6 Å². The normalized spacial score (nSPS) is 22.1. The second-order valence-corrected chi connectivity index (χ2v) is 8.03. The number of nitrogens with one attached hydrogen (secondary N) is 1. The summed E-state index contributed by atoms with van der Waals surface area (Å²) in [5.74, 6) is -1.49. The molecule has 2 aromatic carbocycles. The van der Waals surface area contributed by atoms with Crippen LogP contribution >= 0.6 is 0 Å². The topological polar surface area (TPSA) is 89.5 Å². The number of hydrogen-bond acceptors (Lipinski definition) is 4. The Hall–Kier alpha value is -2.91. The van der Waals surface area contributed by atoms with Gasteiger partial charge in [0.2, 0.25) is 5.82 Å². The number of H-pyrrole nitrogens is 1. The Bertz CT molecular complexity index is 1080. The second-order valence-electron chi connectivity index (χ2n) is 8.03. The van der Waals surface area contributed by atoms with Gasteiger partial charge in [-0.05, 0) is 36.6 Å². The minimum Gasteiger partial charge on any atom is -0.396 e. The van der Waals surface area contributed by atoms with E-state index in [0.717, 1.165) is 5.56 Å². The van der Waals surface area contributed by atoms with Crippen LogP contribution in [0.1, 0.15) is 28.2 Å². The molecule has 164 valence electrons. The fourth-order valence-corrected chi connectivity index (χ4v) is 4.17. The summed E-state index contributed by atoms with van der Waals surface area (Å²) in [6.45, 7) is 0.111. The van der Waals surface area contributed by atoms with Crippen molar-refractivity contribution in [3.8, 4) is 0 Å². The Balaban J connectivity index is 1.59. The molecule has 0 radical (unpaired) electrons. The number of aliphatic hydroxyl groups excluding tert-OH is 2. The van der Waals surface area contributed by atoms with Crippen molar-refractivity contribution in [2.24, 2.45) is 5.41 Å². The standard InChI is InChI=1S/C22H22F3N3O3/c23-22(24,25)20-26-16-7-6-15(10-17(16)27-20)19(31)28-9-8-18(30)21(12-28,13-29)11-14-4-2-1-3-5-14/h1-7,10,18,29-30H,8-9,11-13H2,(H,26,27)/t18-,21+/m0/s1. The highest BCUT2D eigenvalue weighted by atomic mass is 19.4. The number of hydrogen-bond donors (Lipinski definition) is 3. The Morgan fingerprint density at radius 1 is 1.23 bits per heavy atom. The minimum absolute atomic E-state index is 0.117. The molecule has 0 saturated carbocycles. The zero-order valence-corrected chi connectivity index (χ0v) is 16.6. The molecule has 1 aromatic heterocycles. The van der Waals surface area contributed by atoms with Crippen LogP contribution in [0, 0.1) is 5.41 Å². The Morgan fingerprint density at radius 3 is 2.65 bits per heavy atom. The first kappa shape index (κ1) is 21.3. The number of amides is 1. The first-order valence-corrected chi connectivity index (χ1v) is 9.91. The molecular formula is C22H22F3N3O3. The fraction of sp³-hybridized carbons (Fsp3) is 0.364. The molecule has 0 unspecified atom stereocenters. The number of alkyl halides is 3. The van der Waals surface area contributed by atoms with E-state index in [1.807, 2.05) is 30.3 Å². The molecule has 1 aliphatic heterocycles. The number of piperidine rings is 1. The SMILES string of the molecule is O=C(c1ccc2nc(C(F)(F)F)[nH]c2c1)N1CC[C@H](O)[C@](CO)(Cc2ccccc2)C1. The van der Waals surface area contributed by atoms with Gasteiger partial charge in [-0.2, -0.15) is 13.2 Å². The number of aromatic amines is 1. The molecule has 1 aliphatic rings. The third-order valence-corrected chi connectivity index (χ3v) is 5.88. The van der Waals surface area contributed by atoms with Crippen molar-refractivity contribution in [3.05, 3.63) is 65.5 Å². The lowest BCUT2D eigenvalue weighted by molar-refractivity contribution is -0.144. The van der Waals surface area contributed by atoms with Gasteiger partial charge in [-0.3, -0.25) is 4.79 Å². The van der Waals surface area contributed by atoms with Crippen LogP contribution in [0.4, 0.5) is 13.2 Å². The highest BCUT2D eigenvalue weighted by Gasteiger charge is 2.44. The third-order valence-electron chi connectivity index (χ3n) is 5.88. The van der Waals surface area contributed by atoms with E-state index in [9.17, 15) is 28.2 Å². The zero-order valence-electron chi connectivity index (χ0n) is 16.6. The number of imidazole rings is 1. The molecule has 4 rings (SSSR count). The smallest absolute Gasteiger partial charge is 0.396 e. The molecule has 0 bridgehead atoms. The van der Waals surface area contributed by atoms with E-state index >= 15 is 0 Å². The second kappa shape index (κ2) is 7.97. The van der Waals surface area contributed by atoms with Crippen LogP contribution in [0.5, 0.6) is 0 Å².